The van der Waals surface area contributed by atoms with Crippen LogP contribution in [0.3, 0.4) is 0 Å². The Morgan fingerprint density at radius 3 is 2.75 bits per heavy atom. The molecule has 1 saturated carbocycles. The lowest BCUT2D eigenvalue weighted by atomic mass is 9.50. The van der Waals surface area contributed by atoms with Gasteiger partial charge in [-0.3, -0.25) is 4.79 Å². The van der Waals surface area contributed by atoms with Crippen LogP contribution in [-0.4, -0.2) is 9.94 Å². The maximum atomic E-state index is 12.5. The standard InChI is InChI=1S/C17H25NO2/c1-10-7-11(2)15-14-13(5-6-18(20)16(14)19)8-12(3)17(15,4)9-10/h5-6,10-12,15,20H,7-9H2,1-4H3/t10-,11+,12-,15+,17+/m1/s1. The van der Waals surface area contributed by atoms with Gasteiger partial charge < -0.3 is 5.21 Å². The van der Waals surface area contributed by atoms with Gasteiger partial charge in [-0.15, -0.1) is 0 Å². The Balaban J connectivity index is 2.22. The van der Waals surface area contributed by atoms with Gasteiger partial charge in [-0.1, -0.05) is 27.7 Å². The number of hydrogen-bond donors (Lipinski definition) is 1. The molecule has 0 aliphatic heterocycles. The van der Waals surface area contributed by atoms with Crippen LogP contribution in [0, 0.1) is 23.2 Å². The molecule has 1 aromatic rings. The number of nitrogens with zero attached hydrogens (tertiary/aromatic N) is 1. The summed E-state index contributed by atoms with van der Waals surface area (Å²) in [5.74, 6) is 2.08. The third-order valence-corrected chi connectivity index (χ3v) is 6.01. The molecule has 0 amide bonds. The first-order valence-electron chi connectivity index (χ1n) is 7.78. The lowest BCUT2D eigenvalue weighted by Gasteiger charge is -2.54. The Labute approximate surface area is 120 Å². The van der Waals surface area contributed by atoms with Crippen molar-refractivity contribution in [3.8, 4) is 0 Å². The molecule has 1 heterocycles. The first-order chi connectivity index (χ1) is 9.34. The van der Waals surface area contributed by atoms with Crippen molar-refractivity contribution >= 4 is 0 Å². The molecule has 2 aliphatic rings. The fourth-order valence-electron chi connectivity index (χ4n) is 5.16. The van der Waals surface area contributed by atoms with E-state index in [0.717, 1.165) is 28.2 Å². The van der Waals surface area contributed by atoms with E-state index in [1.54, 1.807) is 0 Å². The predicted octanol–water partition coefficient (Wildman–Crippen LogP) is 3.43. The van der Waals surface area contributed by atoms with E-state index in [0.29, 0.717) is 11.8 Å². The highest BCUT2D eigenvalue weighted by atomic mass is 16.5. The summed E-state index contributed by atoms with van der Waals surface area (Å²) in [4.78, 5) is 12.5. The van der Waals surface area contributed by atoms with E-state index in [1.807, 2.05) is 6.07 Å². The van der Waals surface area contributed by atoms with Crippen molar-refractivity contribution in [1.82, 2.24) is 4.73 Å². The van der Waals surface area contributed by atoms with Crippen molar-refractivity contribution in [3.05, 3.63) is 33.7 Å². The average molecular weight is 275 g/mol. The second-order valence-electron chi connectivity index (χ2n) is 7.52. The number of hydrogen-bond acceptors (Lipinski definition) is 2. The van der Waals surface area contributed by atoms with Gasteiger partial charge in [0.05, 0.1) is 0 Å². The zero-order valence-electron chi connectivity index (χ0n) is 12.9. The van der Waals surface area contributed by atoms with Crippen molar-refractivity contribution in [1.29, 1.82) is 0 Å². The Bertz CT molecular complexity index is 591. The Morgan fingerprint density at radius 1 is 1.35 bits per heavy atom. The van der Waals surface area contributed by atoms with Crippen molar-refractivity contribution in [2.24, 2.45) is 23.2 Å². The van der Waals surface area contributed by atoms with Gasteiger partial charge in [0.2, 0.25) is 0 Å². The monoisotopic (exact) mass is 275 g/mol. The topological polar surface area (TPSA) is 42.2 Å². The summed E-state index contributed by atoms with van der Waals surface area (Å²) in [6, 6.07) is 1.93. The van der Waals surface area contributed by atoms with E-state index >= 15 is 0 Å². The molecule has 3 heteroatoms. The van der Waals surface area contributed by atoms with Crippen LogP contribution in [0.2, 0.25) is 0 Å². The van der Waals surface area contributed by atoms with Crippen molar-refractivity contribution in [2.45, 2.75) is 52.9 Å². The van der Waals surface area contributed by atoms with Gasteiger partial charge in [-0.25, -0.2) is 0 Å². The Hall–Kier alpha value is -1.25. The van der Waals surface area contributed by atoms with Gasteiger partial charge in [-0.2, -0.15) is 4.73 Å². The van der Waals surface area contributed by atoms with Crippen LogP contribution in [0.1, 0.15) is 57.6 Å². The summed E-state index contributed by atoms with van der Waals surface area (Å²) in [5, 5.41) is 9.76. The van der Waals surface area contributed by atoms with Crippen molar-refractivity contribution in [3.63, 3.8) is 0 Å². The third-order valence-electron chi connectivity index (χ3n) is 6.01. The first-order valence-corrected chi connectivity index (χ1v) is 7.78. The van der Waals surface area contributed by atoms with Crippen LogP contribution in [0.15, 0.2) is 17.1 Å². The molecule has 0 radical (unpaired) electrons. The van der Waals surface area contributed by atoms with Crippen LogP contribution in [-0.2, 0) is 6.42 Å². The minimum Gasteiger partial charge on any atom is -0.425 e. The molecular formula is C17H25NO2. The van der Waals surface area contributed by atoms with Gasteiger partial charge in [0, 0.05) is 11.8 Å². The Kier molecular flexibility index (Phi) is 3.00. The van der Waals surface area contributed by atoms with Gasteiger partial charge in [-0.05, 0) is 60.0 Å². The SMILES string of the molecule is C[C@@H]1C[C@H](C)[C@H]2c3c(ccn(O)c3=O)C[C@@H](C)[C@]2(C)C1. The van der Waals surface area contributed by atoms with Gasteiger partial charge in [0.15, 0.2) is 0 Å². The average Bonchev–Trinajstić information content (AvgIpc) is 2.35. The van der Waals surface area contributed by atoms with Crippen molar-refractivity contribution in [2.75, 3.05) is 0 Å². The van der Waals surface area contributed by atoms with E-state index in [4.69, 9.17) is 0 Å². The molecule has 0 aromatic carbocycles. The normalized spacial score (nSPS) is 40.0. The molecule has 110 valence electrons. The van der Waals surface area contributed by atoms with E-state index in [2.05, 4.69) is 27.7 Å². The molecule has 3 rings (SSSR count). The lowest BCUT2D eigenvalue weighted by Crippen LogP contribution is -2.48. The molecule has 2 aliphatic carbocycles. The van der Waals surface area contributed by atoms with E-state index < -0.39 is 0 Å². The predicted molar refractivity (Wildman–Crippen MR) is 79.2 cm³/mol. The smallest absolute Gasteiger partial charge is 0.286 e. The summed E-state index contributed by atoms with van der Waals surface area (Å²) >= 11 is 0. The van der Waals surface area contributed by atoms with Crippen LogP contribution < -0.4 is 5.56 Å². The molecule has 5 atom stereocenters. The number of rotatable bonds is 0. The fraction of sp³-hybridized carbons (Fsp3) is 0.706. The maximum absolute atomic E-state index is 12.5. The minimum atomic E-state index is -0.202. The maximum Gasteiger partial charge on any atom is 0.286 e. The van der Waals surface area contributed by atoms with Crippen molar-refractivity contribution < 1.29 is 5.21 Å². The summed E-state index contributed by atoms with van der Waals surface area (Å²) in [6.45, 7) is 9.28. The fourth-order valence-corrected chi connectivity index (χ4v) is 5.16. The summed E-state index contributed by atoms with van der Waals surface area (Å²) in [7, 11) is 0. The number of aromatic nitrogens is 1. The highest BCUT2D eigenvalue weighted by Gasteiger charge is 2.51. The number of pyridine rings is 1. The van der Waals surface area contributed by atoms with Gasteiger partial charge >= 0.3 is 0 Å². The van der Waals surface area contributed by atoms with Crippen LogP contribution in [0.5, 0.6) is 0 Å². The molecule has 0 saturated heterocycles. The highest BCUT2D eigenvalue weighted by Crippen LogP contribution is 2.58. The van der Waals surface area contributed by atoms with Crippen LogP contribution >= 0.6 is 0 Å². The largest absolute Gasteiger partial charge is 0.425 e. The highest BCUT2D eigenvalue weighted by molar-refractivity contribution is 5.35. The van der Waals surface area contributed by atoms with Crippen LogP contribution in [0.25, 0.3) is 0 Å². The Morgan fingerprint density at radius 2 is 2.05 bits per heavy atom. The lowest BCUT2D eigenvalue weighted by molar-refractivity contribution is 0.0217. The van der Waals surface area contributed by atoms with E-state index in [1.165, 1.54) is 19.0 Å². The zero-order valence-corrected chi connectivity index (χ0v) is 12.9. The molecule has 0 spiro atoms. The third kappa shape index (κ3) is 1.75. The second-order valence-corrected chi connectivity index (χ2v) is 7.52. The van der Waals surface area contributed by atoms with E-state index in [-0.39, 0.29) is 16.9 Å². The number of fused-ring (bicyclic) bond motifs is 3. The molecule has 0 bridgehead atoms. The molecule has 1 N–H and O–H groups in total. The van der Waals surface area contributed by atoms with Crippen LogP contribution in [0.4, 0.5) is 0 Å². The molecule has 3 nitrogen and oxygen atoms in total. The summed E-state index contributed by atoms with van der Waals surface area (Å²) in [5.41, 5.74) is 2.01. The summed E-state index contributed by atoms with van der Waals surface area (Å²) < 4.78 is 0.764. The molecule has 1 aromatic heterocycles. The molecule has 0 unspecified atom stereocenters. The first kappa shape index (κ1) is 13.7. The molecule has 1 fully saturated rings. The minimum absolute atomic E-state index is 0.178. The van der Waals surface area contributed by atoms with Gasteiger partial charge in [0.1, 0.15) is 0 Å². The van der Waals surface area contributed by atoms with Gasteiger partial charge in [0.25, 0.3) is 5.56 Å². The second kappa shape index (κ2) is 4.37. The summed E-state index contributed by atoms with van der Waals surface area (Å²) in [6.07, 6.45) is 4.80. The zero-order chi connectivity index (χ0) is 14.7. The molecular weight excluding hydrogens is 250 g/mol. The molecule has 20 heavy (non-hydrogen) atoms. The van der Waals surface area contributed by atoms with E-state index in [9.17, 15) is 10.0 Å². The quantitative estimate of drug-likeness (QED) is 0.737.